The van der Waals surface area contributed by atoms with Gasteiger partial charge in [-0.2, -0.15) is 0 Å². The second kappa shape index (κ2) is 8.26. The summed E-state index contributed by atoms with van der Waals surface area (Å²) >= 11 is 0. The van der Waals surface area contributed by atoms with Crippen molar-refractivity contribution in [2.45, 2.75) is 38.6 Å². The van der Waals surface area contributed by atoms with E-state index in [1.165, 1.54) is 0 Å². The van der Waals surface area contributed by atoms with Crippen LogP contribution in [0.25, 0.3) is 10.9 Å². The quantitative estimate of drug-likeness (QED) is 0.661. The Bertz CT molecular complexity index is 1170. The predicted octanol–water partition coefficient (Wildman–Crippen LogP) is 2.46. The molecule has 0 saturated carbocycles. The largest absolute Gasteiger partial charge is 0.373 e. The van der Waals surface area contributed by atoms with Crippen LogP contribution in [0.3, 0.4) is 0 Å². The molecule has 1 saturated heterocycles. The number of benzene rings is 1. The summed E-state index contributed by atoms with van der Waals surface area (Å²) < 4.78 is 0. The maximum absolute atomic E-state index is 13.0. The fraction of sp³-hybridized carbons (Fsp3) is 0.417. The van der Waals surface area contributed by atoms with Gasteiger partial charge < -0.3 is 20.1 Å². The minimum absolute atomic E-state index is 0.0712. The SMILES string of the molecule is CNc1nc([C@@H]2CCN(C(=O)Cc3c[nH]c4ccccc34)C2)nc2c1CN(C(C)=O)CC2. The number of carbonyl (C=O) groups excluding carboxylic acids is 2. The topological polar surface area (TPSA) is 94.2 Å². The molecule has 8 heteroatoms. The minimum atomic E-state index is 0.0712. The Kier molecular flexibility index (Phi) is 5.28. The smallest absolute Gasteiger partial charge is 0.227 e. The van der Waals surface area contributed by atoms with E-state index in [-0.39, 0.29) is 17.7 Å². The maximum atomic E-state index is 13.0. The zero-order valence-electron chi connectivity index (χ0n) is 18.5. The first kappa shape index (κ1) is 20.5. The van der Waals surface area contributed by atoms with Crippen molar-refractivity contribution in [1.82, 2.24) is 24.8 Å². The molecular weight excluding hydrogens is 404 g/mol. The van der Waals surface area contributed by atoms with Gasteiger partial charge in [0.1, 0.15) is 11.6 Å². The number of aromatic amines is 1. The normalized spacial score (nSPS) is 18.1. The average Bonchev–Trinajstić information content (AvgIpc) is 3.46. The van der Waals surface area contributed by atoms with E-state index >= 15 is 0 Å². The highest BCUT2D eigenvalue weighted by atomic mass is 16.2. The molecule has 5 rings (SSSR count). The van der Waals surface area contributed by atoms with E-state index in [2.05, 4.69) is 16.4 Å². The first-order valence-corrected chi connectivity index (χ1v) is 11.2. The summed E-state index contributed by atoms with van der Waals surface area (Å²) in [6.45, 7) is 4.19. The van der Waals surface area contributed by atoms with Gasteiger partial charge in [-0.1, -0.05) is 18.2 Å². The molecule has 2 amide bonds. The lowest BCUT2D eigenvalue weighted by atomic mass is 10.0. The molecule has 0 radical (unpaired) electrons. The first-order valence-electron chi connectivity index (χ1n) is 11.2. The number of carbonyl (C=O) groups is 2. The van der Waals surface area contributed by atoms with Crippen molar-refractivity contribution in [3.05, 3.63) is 53.1 Å². The molecular formula is C24H28N6O2. The van der Waals surface area contributed by atoms with Gasteiger partial charge in [-0.15, -0.1) is 0 Å². The van der Waals surface area contributed by atoms with E-state index in [1.54, 1.807) is 6.92 Å². The van der Waals surface area contributed by atoms with Gasteiger partial charge in [0.05, 0.1) is 18.7 Å². The molecule has 166 valence electrons. The molecule has 1 fully saturated rings. The van der Waals surface area contributed by atoms with Crippen molar-refractivity contribution in [2.24, 2.45) is 0 Å². The number of anilines is 1. The summed E-state index contributed by atoms with van der Waals surface area (Å²) in [6, 6.07) is 8.07. The van der Waals surface area contributed by atoms with Gasteiger partial charge in [0.25, 0.3) is 0 Å². The van der Waals surface area contributed by atoms with Crippen molar-refractivity contribution < 1.29 is 9.59 Å². The van der Waals surface area contributed by atoms with Gasteiger partial charge in [-0.25, -0.2) is 9.97 Å². The van der Waals surface area contributed by atoms with Crippen LogP contribution in [0.4, 0.5) is 5.82 Å². The van der Waals surface area contributed by atoms with Gasteiger partial charge in [0.2, 0.25) is 11.8 Å². The maximum Gasteiger partial charge on any atom is 0.227 e. The van der Waals surface area contributed by atoms with Gasteiger partial charge in [-0.05, 0) is 18.1 Å². The van der Waals surface area contributed by atoms with E-state index < -0.39 is 0 Å². The van der Waals surface area contributed by atoms with E-state index in [0.29, 0.717) is 26.1 Å². The molecule has 0 bridgehead atoms. The number of para-hydroxylation sites is 1. The summed E-state index contributed by atoms with van der Waals surface area (Å²) in [5, 5.41) is 4.29. The number of nitrogens with zero attached hydrogens (tertiary/aromatic N) is 4. The fourth-order valence-corrected chi connectivity index (χ4v) is 4.84. The van der Waals surface area contributed by atoms with Crippen LogP contribution < -0.4 is 5.32 Å². The highest BCUT2D eigenvalue weighted by Crippen LogP contribution is 2.30. The molecule has 2 N–H and O–H groups in total. The number of hydrogen-bond acceptors (Lipinski definition) is 5. The lowest BCUT2D eigenvalue weighted by molar-refractivity contribution is -0.130. The lowest BCUT2D eigenvalue weighted by Crippen LogP contribution is -2.35. The Hall–Kier alpha value is -3.42. The number of aromatic nitrogens is 3. The Balaban J connectivity index is 1.31. The van der Waals surface area contributed by atoms with E-state index in [0.717, 1.165) is 58.8 Å². The van der Waals surface area contributed by atoms with E-state index in [4.69, 9.17) is 9.97 Å². The van der Waals surface area contributed by atoms with Crippen LogP contribution in [0.5, 0.6) is 0 Å². The van der Waals surface area contributed by atoms with Gasteiger partial charge in [0, 0.05) is 68.6 Å². The predicted molar refractivity (Wildman–Crippen MR) is 122 cm³/mol. The number of fused-ring (bicyclic) bond motifs is 2. The molecule has 3 aromatic rings. The van der Waals surface area contributed by atoms with Crippen LogP contribution in [0.15, 0.2) is 30.5 Å². The second-order valence-electron chi connectivity index (χ2n) is 8.66. The minimum Gasteiger partial charge on any atom is -0.373 e. The Morgan fingerprint density at radius 2 is 2.03 bits per heavy atom. The van der Waals surface area contributed by atoms with Crippen molar-refractivity contribution in [3.63, 3.8) is 0 Å². The standard InChI is InChI=1S/C24H28N6O2/c1-15(31)29-10-8-21-19(14-29)24(25-2)28-23(27-21)16-7-9-30(13-16)22(32)11-17-12-26-20-6-4-3-5-18(17)20/h3-6,12,16,26H,7-11,13-14H2,1-2H3,(H,25,27,28)/t16-/m1/s1. The van der Waals surface area contributed by atoms with Crippen molar-refractivity contribution in [1.29, 1.82) is 0 Å². The fourth-order valence-electron chi connectivity index (χ4n) is 4.84. The number of hydrogen-bond donors (Lipinski definition) is 2. The van der Waals surface area contributed by atoms with Gasteiger partial charge in [-0.3, -0.25) is 9.59 Å². The van der Waals surface area contributed by atoms with Crippen LogP contribution in [0.2, 0.25) is 0 Å². The average molecular weight is 433 g/mol. The summed E-state index contributed by atoms with van der Waals surface area (Å²) in [7, 11) is 1.85. The summed E-state index contributed by atoms with van der Waals surface area (Å²) in [6.07, 6.45) is 3.92. The molecule has 1 aromatic carbocycles. The molecule has 4 heterocycles. The molecule has 0 unspecified atom stereocenters. The molecule has 8 nitrogen and oxygen atoms in total. The Morgan fingerprint density at radius 1 is 1.19 bits per heavy atom. The van der Waals surface area contributed by atoms with Crippen molar-refractivity contribution >= 4 is 28.5 Å². The highest BCUT2D eigenvalue weighted by Gasteiger charge is 2.31. The molecule has 0 spiro atoms. The van der Waals surface area contributed by atoms with Gasteiger partial charge in [0.15, 0.2) is 0 Å². The van der Waals surface area contributed by atoms with Crippen molar-refractivity contribution in [3.8, 4) is 0 Å². The van der Waals surface area contributed by atoms with Crippen LogP contribution in [-0.2, 0) is 29.0 Å². The molecule has 2 aliphatic rings. The molecule has 1 atom stereocenters. The number of likely N-dealkylation sites (tertiary alicyclic amines) is 1. The van der Waals surface area contributed by atoms with Crippen molar-refractivity contribution in [2.75, 3.05) is 32.0 Å². The Labute approximate surface area is 187 Å². The molecule has 32 heavy (non-hydrogen) atoms. The first-order chi connectivity index (χ1) is 15.5. The Morgan fingerprint density at radius 3 is 2.84 bits per heavy atom. The van der Waals surface area contributed by atoms with Gasteiger partial charge >= 0.3 is 0 Å². The summed E-state index contributed by atoms with van der Waals surface area (Å²) in [4.78, 5) is 41.5. The molecule has 0 aliphatic carbocycles. The lowest BCUT2D eigenvalue weighted by Gasteiger charge is -2.29. The summed E-state index contributed by atoms with van der Waals surface area (Å²) in [5.74, 6) is 1.93. The third-order valence-electron chi connectivity index (χ3n) is 6.68. The van der Waals surface area contributed by atoms with Crippen LogP contribution in [0.1, 0.15) is 41.9 Å². The summed E-state index contributed by atoms with van der Waals surface area (Å²) in [5.41, 5.74) is 4.11. The highest BCUT2D eigenvalue weighted by molar-refractivity contribution is 5.89. The molecule has 2 aliphatic heterocycles. The number of amides is 2. The zero-order valence-corrected chi connectivity index (χ0v) is 18.5. The molecule has 2 aromatic heterocycles. The third kappa shape index (κ3) is 3.70. The van der Waals surface area contributed by atoms with E-state index in [9.17, 15) is 9.59 Å². The number of H-pyrrole nitrogens is 1. The van der Waals surface area contributed by atoms with Crippen LogP contribution in [0, 0.1) is 0 Å². The van der Waals surface area contributed by atoms with E-state index in [1.807, 2.05) is 41.2 Å². The number of nitrogens with one attached hydrogen (secondary N) is 2. The number of rotatable bonds is 4. The van der Waals surface area contributed by atoms with Crippen LogP contribution >= 0.6 is 0 Å². The third-order valence-corrected chi connectivity index (χ3v) is 6.68. The second-order valence-corrected chi connectivity index (χ2v) is 8.66. The monoisotopic (exact) mass is 432 g/mol. The van der Waals surface area contributed by atoms with Crippen LogP contribution in [-0.4, -0.2) is 63.2 Å². The zero-order chi connectivity index (χ0) is 22.2.